The highest BCUT2D eigenvalue weighted by Gasteiger charge is 2.48. The summed E-state index contributed by atoms with van der Waals surface area (Å²) in [6.45, 7) is 4.07. The number of amides is 1. The van der Waals surface area contributed by atoms with E-state index in [0.717, 1.165) is 25.3 Å². The maximum Gasteiger partial charge on any atom is 0.233 e. The summed E-state index contributed by atoms with van der Waals surface area (Å²) in [5.41, 5.74) is 1.40. The Morgan fingerprint density at radius 3 is 2.73 bits per heavy atom. The van der Waals surface area contributed by atoms with Crippen LogP contribution in [0.25, 0.3) is 11.2 Å². The Bertz CT molecular complexity index is 1150. The van der Waals surface area contributed by atoms with Crippen molar-refractivity contribution in [2.75, 3.05) is 10.2 Å². The van der Waals surface area contributed by atoms with Gasteiger partial charge in [-0.25, -0.2) is 23.7 Å². The van der Waals surface area contributed by atoms with Crippen molar-refractivity contribution in [3.8, 4) is 0 Å². The first-order valence-corrected chi connectivity index (χ1v) is 11.4. The topological polar surface area (TPSA) is 98.8 Å². The lowest BCUT2D eigenvalue weighted by molar-refractivity contribution is -0.129. The van der Waals surface area contributed by atoms with Crippen LogP contribution in [-0.2, 0) is 4.79 Å². The molecular formula is C23H27F2N7O. The first-order valence-electron chi connectivity index (χ1n) is 11.4. The number of H-pyrrole nitrogens is 1. The largest absolute Gasteiger partial charge is 0.362 e. The number of benzene rings is 1. The zero-order valence-electron chi connectivity index (χ0n) is 18.6. The molecule has 2 fully saturated rings. The predicted octanol–water partition coefficient (Wildman–Crippen LogP) is 3.59. The SMILES string of the molecule is CCC(Nc1ncnc2nc[nH]c12)C1NC2CCCC(C)C2C(=O)N1c1cc(F)cc(F)c1. The van der Waals surface area contributed by atoms with E-state index in [1.807, 2.05) is 6.92 Å². The number of nitrogens with one attached hydrogen (secondary N) is 3. The van der Waals surface area contributed by atoms with Gasteiger partial charge >= 0.3 is 0 Å². The fourth-order valence-corrected chi connectivity index (χ4v) is 5.33. The van der Waals surface area contributed by atoms with Crippen LogP contribution in [0.15, 0.2) is 30.9 Å². The van der Waals surface area contributed by atoms with Gasteiger partial charge in [-0.1, -0.05) is 20.3 Å². The third-order valence-corrected chi connectivity index (χ3v) is 6.90. The molecule has 33 heavy (non-hydrogen) atoms. The number of aromatic nitrogens is 4. The van der Waals surface area contributed by atoms with Gasteiger partial charge in [0.2, 0.25) is 5.91 Å². The highest BCUT2D eigenvalue weighted by atomic mass is 19.1. The number of carbonyl (C=O) groups is 1. The van der Waals surface area contributed by atoms with Gasteiger partial charge in [0.05, 0.1) is 24.0 Å². The van der Waals surface area contributed by atoms with E-state index in [2.05, 4.69) is 37.5 Å². The summed E-state index contributed by atoms with van der Waals surface area (Å²) in [7, 11) is 0. The number of halogens is 2. The van der Waals surface area contributed by atoms with Crippen molar-refractivity contribution in [2.24, 2.45) is 11.8 Å². The molecule has 1 saturated carbocycles. The third-order valence-electron chi connectivity index (χ3n) is 6.90. The molecule has 10 heteroatoms. The van der Waals surface area contributed by atoms with Gasteiger partial charge in [0.15, 0.2) is 11.5 Å². The number of hydrogen-bond acceptors (Lipinski definition) is 6. The third kappa shape index (κ3) is 3.92. The molecule has 1 amide bonds. The molecule has 2 aliphatic rings. The lowest BCUT2D eigenvalue weighted by Crippen LogP contribution is -2.69. The molecule has 3 aromatic rings. The number of aromatic amines is 1. The smallest absolute Gasteiger partial charge is 0.233 e. The molecule has 5 unspecified atom stereocenters. The first kappa shape index (κ1) is 21.7. The Morgan fingerprint density at radius 1 is 1.18 bits per heavy atom. The number of carbonyl (C=O) groups excluding carboxylic acids is 1. The number of imidazole rings is 1. The normalized spacial score (nSPS) is 26.3. The van der Waals surface area contributed by atoms with Crippen LogP contribution in [-0.4, -0.2) is 44.1 Å². The quantitative estimate of drug-likeness (QED) is 0.544. The second kappa shape index (κ2) is 8.66. The maximum absolute atomic E-state index is 14.2. The van der Waals surface area contributed by atoms with Crippen LogP contribution in [0, 0.1) is 23.5 Å². The minimum Gasteiger partial charge on any atom is -0.362 e. The first-order chi connectivity index (χ1) is 16.0. The molecule has 0 radical (unpaired) electrons. The Kier molecular flexibility index (Phi) is 5.69. The van der Waals surface area contributed by atoms with Gasteiger partial charge in [-0.05, 0) is 37.3 Å². The Labute approximate surface area is 190 Å². The molecule has 1 aliphatic carbocycles. The Balaban J connectivity index is 1.55. The molecule has 1 saturated heterocycles. The Morgan fingerprint density at radius 2 is 1.97 bits per heavy atom. The molecule has 174 valence electrons. The molecule has 5 rings (SSSR count). The standard InChI is InChI=1S/C23H27F2N7O/c1-3-16(30-21-19-20(27-10-26-19)28-11-29-21)22-31-17-6-4-5-12(2)18(17)23(33)32(22)15-8-13(24)7-14(25)9-15/h7-12,16-18,22,31H,3-6H2,1-2H3,(H2,26,27,28,29,30). The molecule has 3 heterocycles. The fourth-order valence-electron chi connectivity index (χ4n) is 5.33. The highest BCUT2D eigenvalue weighted by molar-refractivity contribution is 5.97. The van der Waals surface area contributed by atoms with Crippen molar-refractivity contribution in [1.82, 2.24) is 25.3 Å². The van der Waals surface area contributed by atoms with Crippen LogP contribution in [0.3, 0.4) is 0 Å². The molecule has 0 spiro atoms. The minimum absolute atomic E-state index is 0.00864. The molecule has 5 atom stereocenters. The van der Waals surface area contributed by atoms with Gasteiger partial charge in [-0.3, -0.25) is 15.0 Å². The minimum atomic E-state index is -0.716. The zero-order valence-corrected chi connectivity index (χ0v) is 18.6. The summed E-state index contributed by atoms with van der Waals surface area (Å²) >= 11 is 0. The van der Waals surface area contributed by atoms with Gasteiger partial charge < -0.3 is 10.3 Å². The van der Waals surface area contributed by atoms with Crippen LogP contribution in [0.2, 0.25) is 0 Å². The second-order valence-electron chi connectivity index (χ2n) is 8.97. The summed E-state index contributed by atoms with van der Waals surface area (Å²) in [5, 5.41) is 7.06. The molecule has 8 nitrogen and oxygen atoms in total. The molecule has 1 aromatic carbocycles. The van der Waals surface area contributed by atoms with Crippen LogP contribution >= 0.6 is 0 Å². The van der Waals surface area contributed by atoms with Crippen LogP contribution in [0.1, 0.15) is 39.5 Å². The Hall–Kier alpha value is -3.14. The summed E-state index contributed by atoms with van der Waals surface area (Å²) in [6.07, 6.45) is 5.96. The van der Waals surface area contributed by atoms with Crippen molar-refractivity contribution >= 4 is 28.6 Å². The number of anilines is 2. The zero-order chi connectivity index (χ0) is 23.1. The average Bonchev–Trinajstić information content (AvgIpc) is 3.26. The van der Waals surface area contributed by atoms with Crippen molar-refractivity contribution < 1.29 is 13.6 Å². The monoisotopic (exact) mass is 455 g/mol. The van der Waals surface area contributed by atoms with E-state index in [1.54, 1.807) is 6.33 Å². The molecular weight excluding hydrogens is 428 g/mol. The van der Waals surface area contributed by atoms with Gasteiger partial charge in [0.1, 0.15) is 29.6 Å². The van der Waals surface area contributed by atoms with E-state index in [0.29, 0.717) is 23.4 Å². The van der Waals surface area contributed by atoms with E-state index >= 15 is 0 Å². The lowest BCUT2D eigenvalue weighted by atomic mass is 9.74. The van der Waals surface area contributed by atoms with Gasteiger partial charge in [-0.2, -0.15) is 0 Å². The van der Waals surface area contributed by atoms with E-state index in [4.69, 9.17) is 0 Å². The van der Waals surface area contributed by atoms with E-state index in [1.165, 1.54) is 23.4 Å². The van der Waals surface area contributed by atoms with E-state index in [9.17, 15) is 13.6 Å². The number of rotatable bonds is 5. The maximum atomic E-state index is 14.2. The van der Waals surface area contributed by atoms with Crippen LogP contribution in [0.4, 0.5) is 20.3 Å². The number of nitrogens with zero attached hydrogens (tertiary/aromatic N) is 4. The predicted molar refractivity (Wildman–Crippen MR) is 120 cm³/mol. The summed E-state index contributed by atoms with van der Waals surface area (Å²) < 4.78 is 28.3. The molecule has 1 aliphatic heterocycles. The molecule has 2 aromatic heterocycles. The van der Waals surface area contributed by atoms with Crippen molar-refractivity contribution in [1.29, 1.82) is 0 Å². The van der Waals surface area contributed by atoms with Crippen molar-refractivity contribution in [3.05, 3.63) is 42.5 Å². The fraction of sp³-hybridized carbons (Fsp3) is 0.478. The second-order valence-corrected chi connectivity index (χ2v) is 8.97. The van der Waals surface area contributed by atoms with E-state index in [-0.39, 0.29) is 35.5 Å². The van der Waals surface area contributed by atoms with Crippen LogP contribution < -0.4 is 15.5 Å². The van der Waals surface area contributed by atoms with E-state index < -0.39 is 17.8 Å². The summed E-state index contributed by atoms with van der Waals surface area (Å²) in [5.74, 6) is -1.03. The van der Waals surface area contributed by atoms with Crippen molar-refractivity contribution in [3.63, 3.8) is 0 Å². The molecule has 3 N–H and O–H groups in total. The summed E-state index contributed by atoms with van der Waals surface area (Å²) in [4.78, 5) is 31.1. The van der Waals surface area contributed by atoms with Gasteiger partial charge in [0, 0.05) is 12.1 Å². The number of hydrogen-bond donors (Lipinski definition) is 3. The van der Waals surface area contributed by atoms with Gasteiger partial charge in [0.25, 0.3) is 0 Å². The lowest BCUT2D eigenvalue weighted by Gasteiger charge is -2.50. The van der Waals surface area contributed by atoms with Crippen LogP contribution in [0.5, 0.6) is 0 Å². The number of fused-ring (bicyclic) bond motifs is 2. The van der Waals surface area contributed by atoms with Crippen molar-refractivity contribution in [2.45, 2.75) is 57.8 Å². The average molecular weight is 456 g/mol. The highest BCUT2D eigenvalue weighted by Crippen LogP contribution is 2.38. The molecule has 0 bridgehead atoms. The van der Waals surface area contributed by atoms with Gasteiger partial charge in [-0.15, -0.1) is 0 Å². The summed E-state index contributed by atoms with van der Waals surface area (Å²) in [6, 6.07) is 2.97.